The number of hydrogen-bond acceptors (Lipinski definition) is 2. The van der Waals surface area contributed by atoms with Crippen molar-refractivity contribution in [3.63, 3.8) is 0 Å². The molecule has 0 amide bonds. The van der Waals surface area contributed by atoms with Gasteiger partial charge in [-0.05, 0) is 18.5 Å². The van der Waals surface area contributed by atoms with Crippen LogP contribution >= 0.6 is 0 Å². The number of unbranched alkanes of at least 4 members (excludes halogenated alkanes) is 1. The van der Waals surface area contributed by atoms with E-state index in [4.69, 9.17) is 6.42 Å². The van der Waals surface area contributed by atoms with Crippen LogP contribution in [0.5, 0.6) is 0 Å². The first-order chi connectivity index (χ1) is 8.88. The highest BCUT2D eigenvalue weighted by Crippen LogP contribution is 2.08. The van der Waals surface area contributed by atoms with Crippen LogP contribution in [0.15, 0.2) is 30.3 Å². The van der Waals surface area contributed by atoms with Crippen LogP contribution in [0.25, 0.3) is 0 Å². The second-order valence-corrected chi connectivity index (χ2v) is 4.91. The maximum atomic E-state index is 5.28. The number of terminal acetylenes is 1. The van der Waals surface area contributed by atoms with Crippen molar-refractivity contribution < 1.29 is 0 Å². The third kappa shape index (κ3) is 4.18. The van der Waals surface area contributed by atoms with E-state index in [1.807, 2.05) is 0 Å². The molecule has 2 rings (SSSR count). The van der Waals surface area contributed by atoms with Gasteiger partial charge in [0.05, 0.1) is 0 Å². The lowest BCUT2D eigenvalue weighted by atomic mass is 10.2. The Morgan fingerprint density at radius 2 is 1.67 bits per heavy atom. The van der Waals surface area contributed by atoms with Crippen LogP contribution < -0.4 is 0 Å². The Morgan fingerprint density at radius 3 is 2.33 bits per heavy atom. The molecule has 96 valence electrons. The number of nitrogens with zero attached hydrogens (tertiary/aromatic N) is 2. The lowest BCUT2D eigenvalue weighted by molar-refractivity contribution is 0.126. The molecule has 0 atom stereocenters. The summed E-state index contributed by atoms with van der Waals surface area (Å²) >= 11 is 0. The van der Waals surface area contributed by atoms with E-state index >= 15 is 0 Å². The van der Waals surface area contributed by atoms with Crippen molar-refractivity contribution in [3.05, 3.63) is 35.9 Å². The highest BCUT2D eigenvalue weighted by molar-refractivity contribution is 5.14. The standard InChI is InChI=1S/C16H22N2/c1-2-3-7-10-17-11-13-18(14-12-17)15-16-8-5-4-6-9-16/h1,4-6,8-9H,3,7,10-15H2. The van der Waals surface area contributed by atoms with Gasteiger partial charge in [0.25, 0.3) is 0 Å². The minimum atomic E-state index is 0.907. The van der Waals surface area contributed by atoms with Crippen molar-refractivity contribution in [2.75, 3.05) is 32.7 Å². The van der Waals surface area contributed by atoms with Gasteiger partial charge in [0.2, 0.25) is 0 Å². The largest absolute Gasteiger partial charge is 0.301 e. The molecule has 0 N–H and O–H groups in total. The highest BCUT2D eigenvalue weighted by Gasteiger charge is 2.15. The Morgan fingerprint density at radius 1 is 1.00 bits per heavy atom. The van der Waals surface area contributed by atoms with Gasteiger partial charge in [-0.1, -0.05) is 30.3 Å². The molecule has 1 aliphatic rings. The molecule has 1 saturated heterocycles. The van der Waals surface area contributed by atoms with Crippen LogP contribution in [0, 0.1) is 12.3 Å². The normalized spacial score (nSPS) is 17.5. The van der Waals surface area contributed by atoms with Crippen molar-refractivity contribution in [2.45, 2.75) is 19.4 Å². The topological polar surface area (TPSA) is 6.48 Å². The van der Waals surface area contributed by atoms with E-state index in [-0.39, 0.29) is 0 Å². The summed E-state index contributed by atoms with van der Waals surface area (Å²) < 4.78 is 0. The second-order valence-electron chi connectivity index (χ2n) is 4.91. The average Bonchev–Trinajstić information content (AvgIpc) is 2.42. The van der Waals surface area contributed by atoms with Gasteiger partial charge in [-0.3, -0.25) is 4.90 Å². The van der Waals surface area contributed by atoms with Gasteiger partial charge in [0.1, 0.15) is 0 Å². The summed E-state index contributed by atoms with van der Waals surface area (Å²) in [4.78, 5) is 5.06. The molecule has 0 radical (unpaired) electrons. The molecule has 1 fully saturated rings. The molecule has 0 bridgehead atoms. The van der Waals surface area contributed by atoms with E-state index in [1.165, 1.54) is 31.7 Å². The van der Waals surface area contributed by atoms with Gasteiger partial charge in [-0.2, -0.15) is 0 Å². The molecule has 1 heterocycles. The molecule has 0 aliphatic carbocycles. The molecule has 2 heteroatoms. The summed E-state index contributed by atoms with van der Waals surface area (Å²) in [5.74, 6) is 2.71. The number of piperazine rings is 1. The Labute approximate surface area is 111 Å². The quantitative estimate of drug-likeness (QED) is 0.577. The molecule has 0 saturated carbocycles. The Balaban J connectivity index is 1.69. The summed E-state index contributed by atoms with van der Waals surface area (Å²) in [5, 5.41) is 0. The first-order valence-corrected chi connectivity index (χ1v) is 6.80. The van der Waals surface area contributed by atoms with E-state index in [2.05, 4.69) is 46.1 Å². The van der Waals surface area contributed by atoms with E-state index in [9.17, 15) is 0 Å². The highest BCUT2D eigenvalue weighted by atomic mass is 15.3. The maximum absolute atomic E-state index is 5.28. The van der Waals surface area contributed by atoms with Crippen LogP contribution in [0.4, 0.5) is 0 Å². The molecule has 1 aromatic carbocycles. The summed E-state index contributed by atoms with van der Waals surface area (Å²) in [5.41, 5.74) is 1.42. The van der Waals surface area contributed by atoms with Crippen molar-refractivity contribution in [3.8, 4) is 12.3 Å². The van der Waals surface area contributed by atoms with Crippen LogP contribution in [-0.2, 0) is 6.54 Å². The van der Waals surface area contributed by atoms with Gasteiger partial charge in [0, 0.05) is 39.1 Å². The molecule has 2 nitrogen and oxygen atoms in total. The molecule has 1 aliphatic heterocycles. The zero-order valence-corrected chi connectivity index (χ0v) is 11.0. The fraction of sp³-hybridized carbons (Fsp3) is 0.500. The van der Waals surface area contributed by atoms with Crippen molar-refractivity contribution in [2.24, 2.45) is 0 Å². The average molecular weight is 242 g/mol. The zero-order chi connectivity index (χ0) is 12.6. The smallest absolute Gasteiger partial charge is 0.0234 e. The van der Waals surface area contributed by atoms with Crippen LogP contribution in [0.1, 0.15) is 18.4 Å². The molecule has 1 aromatic rings. The SMILES string of the molecule is C#CCCCN1CCN(Cc2ccccc2)CC1. The van der Waals surface area contributed by atoms with Gasteiger partial charge < -0.3 is 4.90 Å². The lowest BCUT2D eigenvalue weighted by Crippen LogP contribution is -2.46. The number of hydrogen-bond donors (Lipinski definition) is 0. The van der Waals surface area contributed by atoms with E-state index in [0.717, 1.165) is 25.9 Å². The monoisotopic (exact) mass is 242 g/mol. The molecule has 18 heavy (non-hydrogen) atoms. The minimum Gasteiger partial charge on any atom is -0.301 e. The molecular weight excluding hydrogens is 220 g/mol. The Hall–Kier alpha value is -1.30. The van der Waals surface area contributed by atoms with Crippen molar-refractivity contribution in [1.82, 2.24) is 9.80 Å². The first-order valence-electron chi connectivity index (χ1n) is 6.80. The van der Waals surface area contributed by atoms with E-state index in [0.29, 0.717) is 0 Å². The summed E-state index contributed by atoms with van der Waals surface area (Å²) in [6.45, 7) is 6.94. The third-order valence-electron chi connectivity index (χ3n) is 3.51. The van der Waals surface area contributed by atoms with Gasteiger partial charge in [-0.25, -0.2) is 0 Å². The van der Waals surface area contributed by atoms with Gasteiger partial charge >= 0.3 is 0 Å². The first kappa shape index (κ1) is 13.1. The van der Waals surface area contributed by atoms with E-state index in [1.54, 1.807) is 0 Å². The number of benzene rings is 1. The van der Waals surface area contributed by atoms with Crippen molar-refractivity contribution in [1.29, 1.82) is 0 Å². The van der Waals surface area contributed by atoms with Crippen LogP contribution in [-0.4, -0.2) is 42.5 Å². The minimum absolute atomic E-state index is 0.907. The van der Waals surface area contributed by atoms with Gasteiger partial charge in [0.15, 0.2) is 0 Å². The van der Waals surface area contributed by atoms with Crippen LogP contribution in [0.3, 0.4) is 0 Å². The lowest BCUT2D eigenvalue weighted by Gasteiger charge is -2.34. The fourth-order valence-corrected chi connectivity index (χ4v) is 2.42. The predicted octanol–water partition coefficient (Wildman–Crippen LogP) is 2.22. The summed E-state index contributed by atoms with van der Waals surface area (Å²) in [6.07, 6.45) is 7.32. The zero-order valence-electron chi connectivity index (χ0n) is 11.0. The number of rotatable bonds is 5. The maximum Gasteiger partial charge on any atom is 0.0234 e. The molecule has 0 spiro atoms. The van der Waals surface area contributed by atoms with Gasteiger partial charge in [-0.15, -0.1) is 12.3 Å². The van der Waals surface area contributed by atoms with Crippen LogP contribution in [0.2, 0.25) is 0 Å². The van der Waals surface area contributed by atoms with Crippen molar-refractivity contribution >= 4 is 0 Å². The molecule has 0 aromatic heterocycles. The second kappa shape index (κ2) is 7.20. The fourth-order valence-electron chi connectivity index (χ4n) is 2.42. The predicted molar refractivity (Wildman–Crippen MR) is 76.2 cm³/mol. The molecule has 0 unspecified atom stereocenters. The summed E-state index contributed by atoms with van der Waals surface area (Å²) in [6, 6.07) is 10.7. The van der Waals surface area contributed by atoms with E-state index < -0.39 is 0 Å². The molecular formula is C16H22N2. The summed E-state index contributed by atoms with van der Waals surface area (Å²) in [7, 11) is 0. The Bertz CT molecular complexity index is 372. The Kier molecular flexibility index (Phi) is 5.26. The third-order valence-corrected chi connectivity index (χ3v) is 3.51.